The highest BCUT2D eigenvalue weighted by Crippen LogP contribution is 2.31. The second-order valence-electron chi connectivity index (χ2n) is 7.97. The standard InChI is InChI=1S/C18H30N4O2/c1-13-10-22(11-14(2)23-13)16-5-7-21(8-6-16)12-18-19-17(20-24-18)9-15-3-4-15/h13-16H,3-12H2,1-2H3/t13-,14+. The van der Waals surface area contributed by atoms with Crippen LogP contribution in [0.5, 0.6) is 0 Å². The quantitative estimate of drug-likeness (QED) is 0.822. The monoisotopic (exact) mass is 334 g/mol. The number of piperidine rings is 1. The van der Waals surface area contributed by atoms with E-state index in [1.807, 2.05) is 0 Å². The van der Waals surface area contributed by atoms with E-state index in [-0.39, 0.29) is 0 Å². The average molecular weight is 334 g/mol. The van der Waals surface area contributed by atoms with Gasteiger partial charge in [-0.2, -0.15) is 4.98 Å². The fourth-order valence-corrected chi connectivity index (χ4v) is 4.17. The van der Waals surface area contributed by atoms with Gasteiger partial charge in [-0.25, -0.2) is 0 Å². The van der Waals surface area contributed by atoms with Crippen molar-refractivity contribution in [2.45, 2.75) is 70.7 Å². The lowest BCUT2D eigenvalue weighted by Crippen LogP contribution is -2.53. The van der Waals surface area contributed by atoms with Gasteiger partial charge in [-0.3, -0.25) is 9.80 Å². The molecule has 1 aliphatic carbocycles. The van der Waals surface area contributed by atoms with Gasteiger partial charge in [0.05, 0.1) is 18.8 Å². The lowest BCUT2D eigenvalue weighted by Gasteiger charge is -2.43. The minimum absolute atomic E-state index is 0.357. The Hall–Kier alpha value is -0.980. The molecule has 3 aliphatic rings. The molecule has 1 aromatic rings. The zero-order valence-electron chi connectivity index (χ0n) is 15.0. The molecule has 0 amide bonds. The molecule has 2 aliphatic heterocycles. The molecule has 2 atom stereocenters. The third-order valence-corrected chi connectivity index (χ3v) is 5.56. The van der Waals surface area contributed by atoms with Crippen molar-refractivity contribution in [1.29, 1.82) is 0 Å². The van der Waals surface area contributed by atoms with Gasteiger partial charge in [-0.1, -0.05) is 5.16 Å². The summed E-state index contributed by atoms with van der Waals surface area (Å²) in [5.74, 6) is 2.50. The molecule has 3 heterocycles. The van der Waals surface area contributed by atoms with Crippen molar-refractivity contribution in [1.82, 2.24) is 19.9 Å². The average Bonchev–Trinajstić information content (AvgIpc) is 3.25. The summed E-state index contributed by atoms with van der Waals surface area (Å²) in [5, 5.41) is 4.13. The van der Waals surface area contributed by atoms with Gasteiger partial charge < -0.3 is 9.26 Å². The van der Waals surface area contributed by atoms with E-state index in [1.54, 1.807) is 0 Å². The molecule has 4 rings (SSSR count). The summed E-state index contributed by atoms with van der Waals surface area (Å²) < 4.78 is 11.3. The number of ether oxygens (including phenoxy) is 1. The molecule has 24 heavy (non-hydrogen) atoms. The van der Waals surface area contributed by atoms with Crippen molar-refractivity contribution >= 4 is 0 Å². The number of rotatable bonds is 5. The van der Waals surface area contributed by atoms with Crippen LogP contribution in [0.15, 0.2) is 4.52 Å². The number of hydrogen-bond acceptors (Lipinski definition) is 6. The van der Waals surface area contributed by atoms with Gasteiger partial charge in [0.1, 0.15) is 0 Å². The summed E-state index contributed by atoms with van der Waals surface area (Å²) in [4.78, 5) is 9.66. The molecule has 3 fully saturated rings. The van der Waals surface area contributed by atoms with E-state index in [1.165, 1.54) is 25.7 Å². The summed E-state index contributed by atoms with van der Waals surface area (Å²) in [7, 11) is 0. The minimum Gasteiger partial charge on any atom is -0.373 e. The van der Waals surface area contributed by atoms with Gasteiger partial charge in [0.2, 0.25) is 5.89 Å². The molecule has 0 spiro atoms. The molecule has 1 saturated carbocycles. The highest BCUT2D eigenvalue weighted by Gasteiger charge is 2.31. The van der Waals surface area contributed by atoms with Crippen LogP contribution < -0.4 is 0 Å². The summed E-state index contributed by atoms with van der Waals surface area (Å²) in [6, 6.07) is 0.697. The third-order valence-electron chi connectivity index (χ3n) is 5.56. The third kappa shape index (κ3) is 4.16. The van der Waals surface area contributed by atoms with Crippen LogP contribution in [0.3, 0.4) is 0 Å². The second kappa shape index (κ2) is 7.10. The fraction of sp³-hybridized carbons (Fsp3) is 0.889. The van der Waals surface area contributed by atoms with Gasteiger partial charge >= 0.3 is 0 Å². The normalized spacial score (nSPS) is 30.8. The first-order chi connectivity index (χ1) is 11.7. The van der Waals surface area contributed by atoms with Crippen LogP contribution in [0.1, 0.15) is 51.2 Å². The summed E-state index contributed by atoms with van der Waals surface area (Å²) in [6.45, 7) is 9.56. The second-order valence-corrected chi connectivity index (χ2v) is 7.97. The maximum absolute atomic E-state index is 5.86. The maximum Gasteiger partial charge on any atom is 0.240 e. The maximum atomic E-state index is 5.86. The summed E-state index contributed by atoms with van der Waals surface area (Å²) in [5.41, 5.74) is 0. The van der Waals surface area contributed by atoms with E-state index in [0.29, 0.717) is 18.2 Å². The molecule has 134 valence electrons. The zero-order chi connectivity index (χ0) is 16.5. The Kier molecular flexibility index (Phi) is 4.88. The van der Waals surface area contributed by atoms with Gasteiger partial charge in [0.15, 0.2) is 5.82 Å². The van der Waals surface area contributed by atoms with Gasteiger partial charge in [-0.05, 0) is 45.4 Å². The predicted octanol–water partition coefficient (Wildman–Crippen LogP) is 2.10. The Labute approximate surface area is 144 Å². The van der Waals surface area contributed by atoms with Crippen LogP contribution in [0, 0.1) is 5.92 Å². The van der Waals surface area contributed by atoms with Crippen molar-refractivity contribution in [3.8, 4) is 0 Å². The van der Waals surface area contributed by atoms with Crippen LogP contribution in [0.4, 0.5) is 0 Å². The summed E-state index contributed by atoms with van der Waals surface area (Å²) in [6.07, 6.45) is 6.82. The number of likely N-dealkylation sites (tertiary alicyclic amines) is 1. The predicted molar refractivity (Wildman–Crippen MR) is 90.6 cm³/mol. The molecule has 0 aromatic carbocycles. The molecule has 6 nitrogen and oxygen atoms in total. The van der Waals surface area contributed by atoms with E-state index in [4.69, 9.17) is 9.26 Å². The lowest BCUT2D eigenvalue weighted by atomic mass is 10.0. The lowest BCUT2D eigenvalue weighted by molar-refractivity contribution is -0.0867. The van der Waals surface area contributed by atoms with E-state index in [2.05, 4.69) is 33.8 Å². The van der Waals surface area contributed by atoms with E-state index in [0.717, 1.165) is 56.8 Å². The van der Waals surface area contributed by atoms with Gasteiger partial charge in [-0.15, -0.1) is 0 Å². The molecule has 2 saturated heterocycles. The van der Waals surface area contributed by atoms with Crippen LogP contribution in [0.25, 0.3) is 0 Å². The zero-order valence-corrected chi connectivity index (χ0v) is 15.0. The van der Waals surface area contributed by atoms with Crippen molar-refractivity contribution in [2.75, 3.05) is 26.2 Å². The van der Waals surface area contributed by atoms with Crippen molar-refractivity contribution < 1.29 is 9.26 Å². The van der Waals surface area contributed by atoms with E-state index in [9.17, 15) is 0 Å². The SMILES string of the molecule is C[C@@H]1CN(C2CCN(Cc3nc(CC4CC4)no3)CC2)C[C@H](C)O1. The number of nitrogens with zero attached hydrogens (tertiary/aromatic N) is 4. The van der Waals surface area contributed by atoms with Crippen LogP contribution in [-0.4, -0.2) is 64.4 Å². The largest absolute Gasteiger partial charge is 0.373 e. The number of morpholine rings is 1. The summed E-state index contributed by atoms with van der Waals surface area (Å²) >= 11 is 0. The molecule has 0 unspecified atom stereocenters. The molecule has 0 N–H and O–H groups in total. The Balaban J connectivity index is 1.24. The molecular weight excluding hydrogens is 304 g/mol. The van der Waals surface area contributed by atoms with Crippen molar-refractivity contribution in [3.05, 3.63) is 11.7 Å². The topological polar surface area (TPSA) is 54.6 Å². The van der Waals surface area contributed by atoms with E-state index < -0.39 is 0 Å². The Morgan fingerprint density at radius 3 is 2.42 bits per heavy atom. The van der Waals surface area contributed by atoms with Crippen LogP contribution in [-0.2, 0) is 17.7 Å². The Morgan fingerprint density at radius 1 is 1.04 bits per heavy atom. The Morgan fingerprint density at radius 2 is 1.75 bits per heavy atom. The first kappa shape index (κ1) is 16.5. The van der Waals surface area contributed by atoms with Crippen LogP contribution in [0.2, 0.25) is 0 Å². The number of aromatic nitrogens is 2. The smallest absolute Gasteiger partial charge is 0.240 e. The van der Waals surface area contributed by atoms with Gasteiger partial charge in [0.25, 0.3) is 0 Å². The molecule has 0 bridgehead atoms. The Bertz CT molecular complexity index is 527. The highest BCUT2D eigenvalue weighted by atomic mass is 16.5. The molecule has 6 heteroatoms. The molecular formula is C18H30N4O2. The van der Waals surface area contributed by atoms with Gasteiger partial charge in [0, 0.05) is 38.6 Å². The molecule has 1 aromatic heterocycles. The minimum atomic E-state index is 0.357. The highest BCUT2D eigenvalue weighted by molar-refractivity contribution is 4.93. The number of hydrogen-bond donors (Lipinski definition) is 0. The molecule has 0 radical (unpaired) electrons. The van der Waals surface area contributed by atoms with E-state index >= 15 is 0 Å². The first-order valence-corrected chi connectivity index (χ1v) is 9.59. The fourth-order valence-electron chi connectivity index (χ4n) is 4.17. The van der Waals surface area contributed by atoms with Crippen molar-refractivity contribution in [2.24, 2.45) is 5.92 Å². The van der Waals surface area contributed by atoms with Crippen molar-refractivity contribution in [3.63, 3.8) is 0 Å². The first-order valence-electron chi connectivity index (χ1n) is 9.59. The van der Waals surface area contributed by atoms with Crippen LogP contribution >= 0.6 is 0 Å².